The van der Waals surface area contributed by atoms with Gasteiger partial charge >= 0.3 is 0 Å². The van der Waals surface area contributed by atoms with Crippen LogP contribution in [0.1, 0.15) is 39.2 Å². The van der Waals surface area contributed by atoms with Crippen LogP contribution in [0.5, 0.6) is 0 Å². The summed E-state index contributed by atoms with van der Waals surface area (Å²) < 4.78 is 13.4. The molecule has 3 heteroatoms. The van der Waals surface area contributed by atoms with E-state index >= 15 is 0 Å². The Bertz CT molecular complexity index is 440. The van der Waals surface area contributed by atoms with Crippen LogP contribution >= 0.6 is 0 Å². The smallest absolute Gasteiger partial charge is 0.126 e. The van der Waals surface area contributed by atoms with E-state index in [1.165, 1.54) is 0 Å². The normalized spacial score (nSPS) is 22.6. The van der Waals surface area contributed by atoms with E-state index in [1.54, 1.807) is 6.07 Å². The lowest BCUT2D eigenvalue weighted by Gasteiger charge is -2.47. The third kappa shape index (κ3) is 2.76. The summed E-state index contributed by atoms with van der Waals surface area (Å²) >= 11 is 0. The molecule has 1 aliphatic rings. The fourth-order valence-electron chi connectivity index (χ4n) is 2.89. The summed E-state index contributed by atoms with van der Waals surface area (Å²) in [6.07, 6.45) is 2.24. The van der Waals surface area contributed by atoms with Gasteiger partial charge in [0.05, 0.1) is 0 Å². The molecule has 1 unspecified atom stereocenters. The summed E-state index contributed by atoms with van der Waals surface area (Å²) in [7, 11) is 0. The monoisotopic (exact) mass is 264 g/mol. The van der Waals surface area contributed by atoms with Crippen molar-refractivity contribution in [3.8, 4) is 0 Å². The molecule has 2 rings (SSSR count). The minimum Gasteiger partial charge on any atom is -0.366 e. The van der Waals surface area contributed by atoms with Crippen LogP contribution in [0, 0.1) is 12.7 Å². The van der Waals surface area contributed by atoms with Gasteiger partial charge in [-0.25, -0.2) is 4.39 Å². The lowest BCUT2D eigenvalue weighted by Crippen LogP contribution is -2.63. The minimum absolute atomic E-state index is 0.121. The van der Waals surface area contributed by atoms with E-state index in [-0.39, 0.29) is 11.4 Å². The van der Waals surface area contributed by atoms with Crippen LogP contribution in [0.3, 0.4) is 0 Å². The van der Waals surface area contributed by atoms with Crippen LogP contribution in [0.4, 0.5) is 10.1 Å². The van der Waals surface area contributed by atoms with Crippen molar-refractivity contribution in [3.05, 3.63) is 29.6 Å². The standard InChI is InChI=1S/C16H25FN2/c1-5-16(6-2)11-19(13(4)10-18-16)14-7-8-15(17)12(3)9-14/h7-9,13,18H,5-6,10-11H2,1-4H3. The Morgan fingerprint density at radius 3 is 2.63 bits per heavy atom. The Kier molecular flexibility index (Phi) is 4.14. The first-order valence-electron chi connectivity index (χ1n) is 7.29. The first kappa shape index (κ1) is 14.3. The van der Waals surface area contributed by atoms with Crippen molar-refractivity contribution in [1.29, 1.82) is 0 Å². The average Bonchev–Trinajstić information content (AvgIpc) is 2.43. The molecule has 0 bridgehead atoms. The number of halogens is 1. The Labute approximate surface area is 116 Å². The van der Waals surface area contributed by atoms with Crippen LogP contribution in [0.15, 0.2) is 18.2 Å². The van der Waals surface area contributed by atoms with E-state index in [0.29, 0.717) is 6.04 Å². The number of nitrogens with zero attached hydrogens (tertiary/aromatic N) is 1. The number of hydrogen-bond donors (Lipinski definition) is 1. The van der Waals surface area contributed by atoms with Crippen molar-refractivity contribution < 1.29 is 4.39 Å². The van der Waals surface area contributed by atoms with Crippen LogP contribution in [0.2, 0.25) is 0 Å². The van der Waals surface area contributed by atoms with Crippen molar-refractivity contribution in [1.82, 2.24) is 5.32 Å². The minimum atomic E-state index is -0.121. The molecular formula is C16H25FN2. The van der Waals surface area contributed by atoms with E-state index < -0.39 is 0 Å². The molecule has 0 aromatic heterocycles. The topological polar surface area (TPSA) is 15.3 Å². The Morgan fingerprint density at radius 2 is 2.05 bits per heavy atom. The molecule has 19 heavy (non-hydrogen) atoms. The lowest BCUT2D eigenvalue weighted by molar-refractivity contribution is 0.254. The maximum absolute atomic E-state index is 13.4. The molecule has 1 N–H and O–H groups in total. The van der Waals surface area contributed by atoms with Gasteiger partial charge in [-0.3, -0.25) is 0 Å². The van der Waals surface area contributed by atoms with Crippen molar-refractivity contribution in [2.24, 2.45) is 0 Å². The molecule has 2 nitrogen and oxygen atoms in total. The van der Waals surface area contributed by atoms with Crippen LogP contribution in [0.25, 0.3) is 0 Å². The van der Waals surface area contributed by atoms with Crippen LogP contribution < -0.4 is 10.2 Å². The third-order valence-corrected chi connectivity index (χ3v) is 4.60. The quantitative estimate of drug-likeness (QED) is 0.899. The molecule has 0 spiro atoms. The van der Waals surface area contributed by atoms with Crippen molar-refractivity contribution in [2.45, 2.75) is 52.1 Å². The first-order valence-corrected chi connectivity index (χ1v) is 7.29. The Hall–Kier alpha value is -1.09. The highest BCUT2D eigenvalue weighted by Crippen LogP contribution is 2.28. The fourth-order valence-corrected chi connectivity index (χ4v) is 2.89. The predicted molar refractivity (Wildman–Crippen MR) is 79.3 cm³/mol. The summed E-state index contributed by atoms with van der Waals surface area (Å²) in [6.45, 7) is 10.5. The van der Waals surface area contributed by atoms with E-state index in [9.17, 15) is 4.39 Å². The van der Waals surface area contributed by atoms with Gasteiger partial charge in [-0.1, -0.05) is 13.8 Å². The van der Waals surface area contributed by atoms with Crippen molar-refractivity contribution in [2.75, 3.05) is 18.0 Å². The number of piperazine rings is 1. The van der Waals surface area contributed by atoms with Gasteiger partial charge in [-0.05, 0) is 50.5 Å². The first-order chi connectivity index (χ1) is 9.01. The van der Waals surface area contributed by atoms with Crippen molar-refractivity contribution >= 4 is 5.69 Å². The zero-order valence-electron chi connectivity index (χ0n) is 12.5. The highest BCUT2D eigenvalue weighted by Gasteiger charge is 2.35. The van der Waals surface area contributed by atoms with E-state index in [0.717, 1.165) is 37.2 Å². The van der Waals surface area contributed by atoms with Gasteiger partial charge in [0.25, 0.3) is 0 Å². The molecule has 1 atom stereocenters. The highest BCUT2D eigenvalue weighted by atomic mass is 19.1. The number of benzene rings is 1. The zero-order valence-corrected chi connectivity index (χ0v) is 12.5. The zero-order chi connectivity index (χ0) is 14.0. The molecule has 106 valence electrons. The maximum atomic E-state index is 13.4. The second kappa shape index (κ2) is 5.49. The SMILES string of the molecule is CCC1(CC)CN(c2ccc(F)c(C)c2)C(C)CN1. The molecule has 1 heterocycles. The number of rotatable bonds is 3. The van der Waals surface area contributed by atoms with Gasteiger partial charge in [0.1, 0.15) is 5.82 Å². The Balaban J connectivity index is 2.28. The lowest BCUT2D eigenvalue weighted by atomic mass is 9.88. The molecule has 1 aromatic rings. The molecule has 0 saturated carbocycles. The summed E-state index contributed by atoms with van der Waals surface area (Å²) in [5, 5.41) is 3.69. The molecular weight excluding hydrogens is 239 g/mol. The van der Waals surface area contributed by atoms with E-state index in [1.807, 2.05) is 19.1 Å². The Morgan fingerprint density at radius 1 is 1.37 bits per heavy atom. The van der Waals surface area contributed by atoms with E-state index in [4.69, 9.17) is 0 Å². The fraction of sp³-hybridized carbons (Fsp3) is 0.625. The molecule has 0 radical (unpaired) electrons. The average molecular weight is 264 g/mol. The van der Waals surface area contributed by atoms with Gasteiger partial charge in [0, 0.05) is 30.4 Å². The van der Waals surface area contributed by atoms with Gasteiger partial charge in [0.2, 0.25) is 0 Å². The van der Waals surface area contributed by atoms with Gasteiger partial charge in [0.15, 0.2) is 0 Å². The summed E-state index contributed by atoms with van der Waals surface area (Å²) in [5.74, 6) is -0.121. The van der Waals surface area contributed by atoms with Gasteiger partial charge in [-0.2, -0.15) is 0 Å². The number of aryl methyl sites for hydroxylation is 1. The molecule has 1 fully saturated rings. The number of nitrogens with one attached hydrogen (secondary N) is 1. The number of hydrogen-bond acceptors (Lipinski definition) is 2. The number of anilines is 1. The summed E-state index contributed by atoms with van der Waals surface area (Å²) in [6, 6.07) is 5.89. The molecule has 1 aliphatic heterocycles. The third-order valence-electron chi connectivity index (χ3n) is 4.60. The predicted octanol–water partition coefficient (Wildman–Crippen LogP) is 3.49. The molecule has 0 amide bonds. The highest BCUT2D eigenvalue weighted by molar-refractivity contribution is 5.51. The maximum Gasteiger partial charge on any atom is 0.126 e. The molecule has 0 aliphatic carbocycles. The van der Waals surface area contributed by atoms with Crippen LogP contribution in [-0.2, 0) is 0 Å². The largest absolute Gasteiger partial charge is 0.366 e. The van der Waals surface area contributed by atoms with Crippen LogP contribution in [-0.4, -0.2) is 24.7 Å². The second-order valence-electron chi connectivity index (χ2n) is 5.78. The van der Waals surface area contributed by atoms with E-state index in [2.05, 4.69) is 31.0 Å². The summed E-state index contributed by atoms with van der Waals surface area (Å²) in [5.41, 5.74) is 2.05. The van der Waals surface area contributed by atoms with Crippen molar-refractivity contribution in [3.63, 3.8) is 0 Å². The van der Waals surface area contributed by atoms with Gasteiger partial charge < -0.3 is 10.2 Å². The van der Waals surface area contributed by atoms with Gasteiger partial charge in [-0.15, -0.1) is 0 Å². The second-order valence-corrected chi connectivity index (χ2v) is 5.78. The summed E-state index contributed by atoms with van der Waals surface area (Å²) in [4.78, 5) is 2.41. The molecule has 1 aromatic carbocycles. The molecule has 1 saturated heterocycles.